The number of rotatable bonds is 5. The second-order valence-electron chi connectivity index (χ2n) is 7.49. The van der Waals surface area contributed by atoms with E-state index in [9.17, 15) is 0 Å². The van der Waals surface area contributed by atoms with Crippen molar-refractivity contribution in [1.82, 2.24) is 29.5 Å². The van der Waals surface area contributed by atoms with E-state index in [1.54, 1.807) is 10.9 Å². The highest BCUT2D eigenvalue weighted by Gasteiger charge is 2.29. The standard InChI is InChI=1S/C20H26N6O2/c1-13-4-5-16(10-21-13)20-23-19(17-11-22-25(12-17)6-7-27)24-26(20)18-8-14(2)28-15(3)9-18/h4-5,10-12,14-15,18,27H,6-9H2,1-3H3. The van der Waals surface area contributed by atoms with Crippen molar-refractivity contribution in [3.05, 3.63) is 36.4 Å². The second-order valence-corrected chi connectivity index (χ2v) is 7.49. The molecular weight excluding hydrogens is 356 g/mol. The summed E-state index contributed by atoms with van der Waals surface area (Å²) in [6, 6.07) is 4.24. The SMILES string of the molecule is Cc1ccc(-c2nc(-c3cnn(CCO)c3)nn2C2CC(C)OC(C)C2)cn1. The van der Waals surface area contributed by atoms with E-state index in [1.807, 2.05) is 36.1 Å². The van der Waals surface area contributed by atoms with Crippen LogP contribution in [0, 0.1) is 6.92 Å². The molecule has 2 atom stereocenters. The van der Waals surface area contributed by atoms with Gasteiger partial charge in [-0.3, -0.25) is 9.67 Å². The molecule has 8 heteroatoms. The molecule has 1 fully saturated rings. The molecule has 1 aliphatic rings. The molecule has 0 amide bonds. The highest BCUT2D eigenvalue weighted by molar-refractivity contribution is 5.60. The van der Waals surface area contributed by atoms with Gasteiger partial charge < -0.3 is 9.84 Å². The zero-order valence-electron chi connectivity index (χ0n) is 16.5. The van der Waals surface area contributed by atoms with Crippen molar-refractivity contribution in [3.63, 3.8) is 0 Å². The molecule has 1 saturated heterocycles. The van der Waals surface area contributed by atoms with E-state index in [2.05, 4.69) is 23.9 Å². The van der Waals surface area contributed by atoms with E-state index in [1.165, 1.54) is 0 Å². The summed E-state index contributed by atoms with van der Waals surface area (Å²) in [5.41, 5.74) is 2.74. The normalized spacial score (nSPS) is 22.5. The summed E-state index contributed by atoms with van der Waals surface area (Å²) in [7, 11) is 0. The van der Waals surface area contributed by atoms with E-state index >= 15 is 0 Å². The van der Waals surface area contributed by atoms with Gasteiger partial charge >= 0.3 is 0 Å². The molecule has 3 aromatic rings. The topological polar surface area (TPSA) is 90.9 Å². The van der Waals surface area contributed by atoms with E-state index in [-0.39, 0.29) is 24.9 Å². The van der Waals surface area contributed by atoms with Crippen LogP contribution in [0.25, 0.3) is 22.8 Å². The molecule has 0 aliphatic carbocycles. The van der Waals surface area contributed by atoms with Gasteiger partial charge in [0.05, 0.1) is 43.2 Å². The third-order valence-corrected chi connectivity index (χ3v) is 5.04. The Kier molecular flexibility index (Phi) is 5.23. The van der Waals surface area contributed by atoms with Gasteiger partial charge in [-0.1, -0.05) is 0 Å². The summed E-state index contributed by atoms with van der Waals surface area (Å²) in [6.45, 7) is 6.67. The lowest BCUT2D eigenvalue weighted by atomic mass is 10.00. The number of hydrogen-bond acceptors (Lipinski definition) is 6. The first-order valence-electron chi connectivity index (χ1n) is 9.72. The lowest BCUT2D eigenvalue weighted by Crippen LogP contribution is -2.31. The highest BCUT2D eigenvalue weighted by Crippen LogP contribution is 2.33. The third-order valence-electron chi connectivity index (χ3n) is 5.04. The fourth-order valence-corrected chi connectivity index (χ4v) is 3.77. The molecule has 0 spiro atoms. The van der Waals surface area contributed by atoms with E-state index in [0.29, 0.717) is 12.4 Å². The summed E-state index contributed by atoms with van der Waals surface area (Å²) in [5, 5.41) is 18.3. The van der Waals surface area contributed by atoms with Crippen molar-refractivity contribution in [2.24, 2.45) is 0 Å². The van der Waals surface area contributed by atoms with Gasteiger partial charge in [0.25, 0.3) is 0 Å². The zero-order chi connectivity index (χ0) is 19.7. The van der Waals surface area contributed by atoms with Crippen LogP contribution in [0.2, 0.25) is 0 Å². The van der Waals surface area contributed by atoms with Crippen LogP contribution in [0.1, 0.15) is 38.4 Å². The Morgan fingerprint density at radius 2 is 1.93 bits per heavy atom. The van der Waals surface area contributed by atoms with Crippen LogP contribution in [-0.4, -0.2) is 53.5 Å². The number of ether oxygens (including phenoxy) is 1. The third kappa shape index (κ3) is 3.83. The first-order chi connectivity index (χ1) is 13.5. The minimum Gasteiger partial charge on any atom is -0.394 e. The number of aliphatic hydroxyl groups is 1. The maximum absolute atomic E-state index is 9.12. The fourth-order valence-electron chi connectivity index (χ4n) is 3.77. The van der Waals surface area contributed by atoms with Crippen molar-refractivity contribution >= 4 is 0 Å². The van der Waals surface area contributed by atoms with Gasteiger partial charge in [-0.25, -0.2) is 9.67 Å². The Bertz CT molecular complexity index is 923. The molecule has 8 nitrogen and oxygen atoms in total. The van der Waals surface area contributed by atoms with Gasteiger partial charge in [-0.15, -0.1) is 0 Å². The zero-order valence-corrected chi connectivity index (χ0v) is 16.5. The average molecular weight is 382 g/mol. The highest BCUT2D eigenvalue weighted by atomic mass is 16.5. The molecule has 3 aromatic heterocycles. The van der Waals surface area contributed by atoms with Crippen LogP contribution < -0.4 is 0 Å². The van der Waals surface area contributed by atoms with E-state index in [0.717, 1.165) is 35.5 Å². The molecule has 4 rings (SSSR count). The molecule has 2 unspecified atom stereocenters. The van der Waals surface area contributed by atoms with Crippen molar-refractivity contribution in [3.8, 4) is 22.8 Å². The largest absolute Gasteiger partial charge is 0.394 e. The number of pyridine rings is 1. The minimum absolute atomic E-state index is 0.0428. The molecule has 0 aromatic carbocycles. The Morgan fingerprint density at radius 3 is 2.61 bits per heavy atom. The molecular formula is C20H26N6O2. The lowest BCUT2D eigenvalue weighted by molar-refractivity contribution is -0.0503. The van der Waals surface area contributed by atoms with E-state index < -0.39 is 0 Å². The smallest absolute Gasteiger partial charge is 0.184 e. The van der Waals surface area contributed by atoms with Crippen molar-refractivity contribution in [2.75, 3.05) is 6.61 Å². The quantitative estimate of drug-likeness (QED) is 0.729. The Morgan fingerprint density at radius 1 is 1.14 bits per heavy atom. The predicted molar refractivity (Wildman–Crippen MR) is 105 cm³/mol. The number of aliphatic hydroxyl groups excluding tert-OH is 1. The van der Waals surface area contributed by atoms with Gasteiger partial charge in [-0.2, -0.15) is 10.2 Å². The monoisotopic (exact) mass is 382 g/mol. The molecule has 0 radical (unpaired) electrons. The predicted octanol–water partition coefficient (Wildman–Crippen LogP) is 2.63. The lowest BCUT2D eigenvalue weighted by Gasteiger charge is -2.32. The van der Waals surface area contributed by atoms with Crippen LogP contribution in [0.15, 0.2) is 30.7 Å². The van der Waals surface area contributed by atoms with Crippen molar-refractivity contribution in [2.45, 2.75) is 58.4 Å². The van der Waals surface area contributed by atoms with Crippen LogP contribution in [0.4, 0.5) is 0 Å². The first kappa shape index (κ1) is 18.8. The Hall–Kier alpha value is -2.58. The molecule has 1 aliphatic heterocycles. The van der Waals surface area contributed by atoms with Gasteiger partial charge in [0.1, 0.15) is 0 Å². The van der Waals surface area contributed by atoms with Crippen LogP contribution >= 0.6 is 0 Å². The Labute approximate surface area is 164 Å². The minimum atomic E-state index is 0.0428. The number of hydrogen-bond donors (Lipinski definition) is 1. The summed E-state index contributed by atoms with van der Waals surface area (Å²) in [4.78, 5) is 9.27. The summed E-state index contributed by atoms with van der Waals surface area (Å²) < 4.78 is 9.63. The van der Waals surface area contributed by atoms with Gasteiger partial charge in [0, 0.05) is 23.7 Å². The van der Waals surface area contributed by atoms with Gasteiger partial charge in [0.15, 0.2) is 11.6 Å². The molecule has 148 valence electrons. The summed E-state index contributed by atoms with van der Waals surface area (Å²) >= 11 is 0. The maximum Gasteiger partial charge on any atom is 0.184 e. The van der Waals surface area contributed by atoms with Gasteiger partial charge in [0.2, 0.25) is 0 Å². The molecule has 4 heterocycles. The van der Waals surface area contributed by atoms with E-state index in [4.69, 9.17) is 19.9 Å². The molecule has 28 heavy (non-hydrogen) atoms. The maximum atomic E-state index is 9.12. The Balaban J connectivity index is 1.75. The molecule has 1 N–H and O–H groups in total. The van der Waals surface area contributed by atoms with Crippen LogP contribution in [0.5, 0.6) is 0 Å². The fraction of sp³-hybridized carbons (Fsp3) is 0.500. The van der Waals surface area contributed by atoms with Crippen LogP contribution in [0.3, 0.4) is 0 Å². The molecule has 0 saturated carbocycles. The van der Waals surface area contributed by atoms with Gasteiger partial charge in [-0.05, 0) is 45.7 Å². The first-order valence-corrected chi connectivity index (χ1v) is 9.72. The summed E-state index contributed by atoms with van der Waals surface area (Å²) in [5.74, 6) is 1.44. The van der Waals surface area contributed by atoms with Crippen molar-refractivity contribution in [1.29, 1.82) is 0 Å². The number of aryl methyl sites for hydroxylation is 1. The van der Waals surface area contributed by atoms with Crippen molar-refractivity contribution < 1.29 is 9.84 Å². The average Bonchev–Trinajstić information content (AvgIpc) is 3.29. The second kappa shape index (κ2) is 7.81. The molecule has 0 bridgehead atoms. The number of aromatic nitrogens is 6. The number of nitrogens with zero attached hydrogens (tertiary/aromatic N) is 6. The summed E-state index contributed by atoms with van der Waals surface area (Å²) in [6.07, 6.45) is 7.59. The van der Waals surface area contributed by atoms with Crippen LogP contribution in [-0.2, 0) is 11.3 Å².